The van der Waals surface area contributed by atoms with Crippen molar-refractivity contribution in [1.29, 1.82) is 0 Å². The molecule has 4 unspecified atom stereocenters. The molecule has 0 amide bonds. The first-order chi connectivity index (χ1) is 10.5. The van der Waals surface area contributed by atoms with E-state index in [1.54, 1.807) is 6.20 Å². The fourth-order valence-electron chi connectivity index (χ4n) is 4.35. The lowest BCUT2D eigenvalue weighted by molar-refractivity contribution is 0.0414. The predicted octanol–water partition coefficient (Wildman–Crippen LogP) is 3.46. The van der Waals surface area contributed by atoms with Gasteiger partial charge in [-0.2, -0.15) is 0 Å². The number of rotatable bonds is 5. The van der Waals surface area contributed by atoms with Gasteiger partial charge in [-0.3, -0.25) is 0 Å². The van der Waals surface area contributed by atoms with E-state index in [4.69, 9.17) is 5.73 Å². The minimum atomic E-state index is -0.0906. The molecular formula is C19H27N3. The molecule has 22 heavy (non-hydrogen) atoms. The molecule has 0 aliphatic heterocycles. The van der Waals surface area contributed by atoms with Gasteiger partial charge in [-0.05, 0) is 62.1 Å². The maximum Gasteiger partial charge on any atom is 0.0524 e. The fourth-order valence-corrected chi connectivity index (χ4v) is 4.35. The van der Waals surface area contributed by atoms with Crippen LogP contribution < -0.4 is 16.4 Å². The highest BCUT2D eigenvalue weighted by Crippen LogP contribution is 2.55. The molecule has 2 saturated carbocycles. The average Bonchev–Trinajstić information content (AvgIpc) is 2.79. The van der Waals surface area contributed by atoms with Crippen LogP contribution >= 0.6 is 0 Å². The summed E-state index contributed by atoms with van der Waals surface area (Å²) in [5.41, 5.74) is 11.3. The Bertz CT molecular complexity index is 607. The second-order valence-corrected chi connectivity index (χ2v) is 6.93. The van der Waals surface area contributed by atoms with Gasteiger partial charge in [0.25, 0.3) is 0 Å². The molecule has 0 aromatic heterocycles. The second kappa shape index (κ2) is 5.47. The zero-order valence-electron chi connectivity index (χ0n) is 13.7. The summed E-state index contributed by atoms with van der Waals surface area (Å²) in [6.07, 6.45) is 5.27. The van der Waals surface area contributed by atoms with Crippen LogP contribution in [-0.4, -0.2) is 11.6 Å². The van der Waals surface area contributed by atoms with Gasteiger partial charge >= 0.3 is 0 Å². The van der Waals surface area contributed by atoms with Gasteiger partial charge in [-0.15, -0.1) is 0 Å². The normalized spacial score (nSPS) is 32.8. The molecule has 3 heteroatoms. The van der Waals surface area contributed by atoms with Crippen LogP contribution in [0.25, 0.3) is 0 Å². The average molecular weight is 297 g/mol. The number of nitrogens with two attached hydrogens (primary N) is 1. The molecule has 0 heterocycles. The first-order valence-corrected chi connectivity index (χ1v) is 8.16. The summed E-state index contributed by atoms with van der Waals surface area (Å²) in [4.78, 5) is 0. The molecule has 3 nitrogen and oxygen atoms in total. The molecule has 2 aliphatic rings. The first kappa shape index (κ1) is 15.2. The summed E-state index contributed by atoms with van der Waals surface area (Å²) in [5, 5.41) is 6.88. The van der Waals surface area contributed by atoms with Gasteiger partial charge in [-0.25, -0.2) is 0 Å². The lowest BCUT2D eigenvalue weighted by Gasteiger charge is -2.57. The van der Waals surface area contributed by atoms with Crippen molar-refractivity contribution in [1.82, 2.24) is 5.32 Å². The Kier molecular flexibility index (Phi) is 3.77. The lowest BCUT2D eigenvalue weighted by Crippen LogP contribution is -2.73. The van der Waals surface area contributed by atoms with Gasteiger partial charge in [0.2, 0.25) is 0 Å². The lowest BCUT2D eigenvalue weighted by atomic mass is 9.56. The molecule has 118 valence electrons. The minimum absolute atomic E-state index is 0.0906. The zero-order valence-corrected chi connectivity index (χ0v) is 13.7. The van der Waals surface area contributed by atoms with Crippen LogP contribution in [0.1, 0.15) is 30.4 Å². The maximum absolute atomic E-state index is 6.62. The molecular weight excluding hydrogens is 270 g/mol. The van der Waals surface area contributed by atoms with Gasteiger partial charge in [0, 0.05) is 22.8 Å². The number of benzene rings is 1. The van der Waals surface area contributed by atoms with Crippen LogP contribution in [0.15, 0.2) is 43.3 Å². The van der Waals surface area contributed by atoms with Crippen molar-refractivity contribution in [2.45, 2.75) is 44.7 Å². The quantitative estimate of drug-likeness (QED) is 0.780. The Morgan fingerprint density at radius 1 is 1.36 bits per heavy atom. The van der Waals surface area contributed by atoms with E-state index in [1.807, 2.05) is 0 Å². The predicted molar refractivity (Wildman–Crippen MR) is 93.5 cm³/mol. The van der Waals surface area contributed by atoms with Gasteiger partial charge in [0.15, 0.2) is 0 Å². The third-order valence-corrected chi connectivity index (χ3v) is 5.70. The summed E-state index contributed by atoms with van der Waals surface area (Å²) in [7, 11) is 0. The maximum atomic E-state index is 6.62. The SMILES string of the molecule is C=CNC1C(C(=C)Nc2ccc(C)c(C)c2)C2CCCC21N. The van der Waals surface area contributed by atoms with E-state index in [9.17, 15) is 0 Å². The molecule has 4 N–H and O–H groups in total. The molecule has 0 bridgehead atoms. The summed E-state index contributed by atoms with van der Waals surface area (Å²) in [5.74, 6) is 0.892. The molecule has 2 fully saturated rings. The van der Waals surface area contributed by atoms with E-state index in [0.29, 0.717) is 11.8 Å². The highest BCUT2D eigenvalue weighted by molar-refractivity contribution is 5.53. The van der Waals surface area contributed by atoms with Crippen molar-refractivity contribution in [3.63, 3.8) is 0 Å². The summed E-state index contributed by atoms with van der Waals surface area (Å²) < 4.78 is 0. The number of hydrogen-bond donors (Lipinski definition) is 3. The number of anilines is 1. The standard InChI is InChI=1S/C19H27N3/c1-5-21-18-17(16-7-6-10-19(16,18)20)14(4)22-15-9-8-12(2)13(3)11-15/h5,8-9,11,16-18,21-22H,1,4,6-7,10,20H2,2-3H3. The van der Waals surface area contributed by atoms with Crippen LogP contribution in [-0.2, 0) is 0 Å². The van der Waals surface area contributed by atoms with E-state index >= 15 is 0 Å². The van der Waals surface area contributed by atoms with Gasteiger partial charge in [0.1, 0.15) is 0 Å². The Morgan fingerprint density at radius 2 is 2.14 bits per heavy atom. The minimum Gasteiger partial charge on any atom is -0.386 e. The van der Waals surface area contributed by atoms with Gasteiger partial charge in [0.05, 0.1) is 6.04 Å². The summed E-state index contributed by atoms with van der Waals surface area (Å²) in [6.45, 7) is 12.4. The third kappa shape index (κ3) is 2.24. The summed E-state index contributed by atoms with van der Waals surface area (Å²) >= 11 is 0. The van der Waals surface area contributed by atoms with Crippen molar-refractivity contribution in [2.24, 2.45) is 17.6 Å². The second-order valence-electron chi connectivity index (χ2n) is 6.93. The molecule has 2 aliphatic carbocycles. The number of aryl methyl sites for hydroxylation is 2. The van der Waals surface area contributed by atoms with Crippen molar-refractivity contribution in [2.75, 3.05) is 5.32 Å². The number of fused-ring (bicyclic) bond motifs is 1. The largest absolute Gasteiger partial charge is 0.386 e. The molecule has 3 rings (SSSR count). The van der Waals surface area contributed by atoms with Gasteiger partial charge in [-0.1, -0.05) is 25.6 Å². The highest BCUT2D eigenvalue weighted by atomic mass is 15.1. The Balaban J connectivity index is 1.76. The zero-order chi connectivity index (χ0) is 15.9. The topological polar surface area (TPSA) is 50.1 Å². The highest BCUT2D eigenvalue weighted by Gasteiger charge is 2.62. The Morgan fingerprint density at radius 3 is 2.82 bits per heavy atom. The van der Waals surface area contributed by atoms with Crippen LogP contribution in [0.5, 0.6) is 0 Å². The van der Waals surface area contributed by atoms with E-state index < -0.39 is 0 Å². The van der Waals surface area contributed by atoms with Crippen molar-refractivity contribution in [3.05, 3.63) is 54.4 Å². The third-order valence-electron chi connectivity index (χ3n) is 5.70. The Hall–Kier alpha value is -1.74. The molecule has 1 aromatic carbocycles. The molecule has 4 atom stereocenters. The van der Waals surface area contributed by atoms with Crippen molar-refractivity contribution >= 4 is 5.69 Å². The van der Waals surface area contributed by atoms with Crippen molar-refractivity contribution < 1.29 is 0 Å². The number of nitrogens with one attached hydrogen (secondary N) is 2. The van der Waals surface area contributed by atoms with Crippen LogP contribution in [0, 0.1) is 25.7 Å². The molecule has 0 saturated heterocycles. The van der Waals surface area contributed by atoms with Crippen LogP contribution in [0.3, 0.4) is 0 Å². The van der Waals surface area contributed by atoms with E-state index in [-0.39, 0.29) is 11.6 Å². The van der Waals surface area contributed by atoms with Crippen molar-refractivity contribution in [3.8, 4) is 0 Å². The van der Waals surface area contributed by atoms with E-state index in [1.165, 1.54) is 24.0 Å². The smallest absolute Gasteiger partial charge is 0.0524 e. The van der Waals surface area contributed by atoms with Crippen LogP contribution in [0.4, 0.5) is 5.69 Å². The molecule has 1 aromatic rings. The van der Waals surface area contributed by atoms with Crippen LogP contribution in [0.2, 0.25) is 0 Å². The first-order valence-electron chi connectivity index (χ1n) is 8.16. The monoisotopic (exact) mass is 297 g/mol. The summed E-state index contributed by atoms with van der Waals surface area (Å²) in [6, 6.07) is 6.68. The molecule has 0 radical (unpaired) electrons. The fraction of sp³-hybridized carbons (Fsp3) is 0.474. The van der Waals surface area contributed by atoms with E-state index in [0.717, 1.165) is 17.8 Å². The Labute approximate surface area is 133 Å². The van der Waals surface area contributed by atoms with Gasteiger partial charge < -0.3 is 16.4 Å². The number of hydrogen-bond acceptors (Lipinski definition) is 3. The molecule has 0 spiro atoms. The van der Waals surface area contributed by atoms with E-state index in [2.05, 4.69) is 55.8 Å².